The second kappa shape index (κ2) is 10.7. The number of hydrogen-bond donors (Lipinski definition) is 2. The Morgan fingerprint density at radius 2 is 1.69 bits per heavy atom. The summed E-state index contributed by atoms with van der Waals surface area (Å²) in [6.07, 6.45) is 0.880. The molecule has 0 aliphatic heterocycles. The molecular weight excluding hydrogens is 436 g/mol. The molecule has 0 aliphatic rings. The van der Waals surface area contributed by atoms with Crippen molar-refractivity contribution < 1.29 is 9.53 Å². The van der Waals surface area contributed by atoms with Crippen LogP contribution in [0.4, 0.5) is 5.00 Å². The molecule has 3 aromatic rings. The van der Waals surface area contributed by atoms with Crippen molar-refractivity contribution in [1.82, 2.24) is 5.32 Å². The van der Waals surface area contributed by atoms with Crippen molar-refractivity contribution in [3.8, 4) is 11.1 Å². The highest BCUT2D eigenvalue weighted by Gasteiger charge is 2.25. The molecule has 1 unspecified atom stereocenters. The number of thiophene rings is 1. The number of thiocarbonyl (C=S) groups is 1. The summed E-state index contributed by atoms with van der Waals surface area (Å²) in [6, 6.07) is 18.6. The van der Waals surface area contributed by atoms with Crippen LogP contribution >= 0.6 is 23.6 Å². The molecule has 3 rings (SSSR count). The molecule has 4 nitrogen and oxygen atoms in total. The van der Waals surface area contributed by atoms with Gasteiger partial charge in [0.1, 0.15) is 10.6 Å². The van der Waals surface area contributed by atoms with E-state index in [0.717, 1.165) is 22.4 Å². The average Bonchev–Trinajstić information content (AvgIpc) is 3.12. The van der Waals surface area contributed by atoms with Gasteiger partial charge in [0.15, 0.2) is 5.11 Å². The Balaban J connectivity index is 1.84. The Bertz CT molecular complexity index is 1070. The predicted octanol–water partition coefficient (Wildman–Crippen LogP) is 7.07. The fraction of sp³-hybridized carbons (Fsp3) is 0.308. The van der Waals surface area contributed by atoms with E-state index in [9.17, 15) is 4.79 Å². The number of aryl methyl sites for hydroxylation is 1. The topological polar surface area (TPSA) is 50.4 Å². The number of hydrogen-bond acceptors (Lipinski definition) is 4. The van der Waals surface area contributed by atoms with Gasteiger partial charge in [-0.2, -0.15) is 0 Å². The molecule has 32 heavy (non-hydrogen) atoms. The molecule has 0 radical (unpaired) electrons. The van der Waals surface area contributed by atoms with Crippen molar-refractivity contribution in [3.05, 3.63) is 76.2 Å². The first-order chi connectivity index (χ1) is 15.3. The van der Waals surface area contributed by atoms with Gasteiger partial charge in [-0.25, -0.2) is 4.79 Å². The minimum Gasteiger partial charge on any atom is -0.465 e. The van der Waals surface area contributed by atoms with Crippen molar-refractivity contribution in [2.45, 2.75) is 46.1 Å². The average molecular weight is 467 g/mol. The number of ether oxygens (including phenoxy) is 1. The molecule has 0 fully saturated rings. The van der Waals surface area contributed by atoms with Gasteiger partial charge in [-0.3, -0.25) is 0 Å². The molecule has 2 N–H and O–H groups in total. The highest BCUT2D eigenvalue weighted by Crippen LogP contribution is 2.40. The second-order valence-corrected chi connectivity index (χ2v) is 9.61. The summed E-state index contributed by atoms with van der Waals surface area (Å²) in [6.45, 7) is 8.51. The van der Waals surface area contributed by atoms with E-state index in [1.807, 2.05) is 37.3 Å². The lowest BCUT2D eigenvalue weighted by Gasteiger charge is -2.20. The summed E-state index contributed by atoms with van der Waals surface area (Å²) < 4.78 is 5.10. The Morgan fingerprint density at radius 1 is 1.06 bits per heavy atom. The van der Waals surface area contributed by atoms with Gasteiger partial charge in [-0.1, -0.05) is 75.4 Å². The van der Waals surface area contributed by atoms with E-state index >= 15 is 0 Å². The number of carbonyl (C=O) groups excluding carboxylic acids is 1. The normalized spacial score (nSPS) is 11.8. The number of rotatable bonds is 7. The molecule has 6 heteroatoms. The molecule has 1 aromatic heterocycles. The molecule has 2 aromatic carbocycles. The van der Waals surface area contributed by atoms with Crippen LogP contribution in [0.15, 0.2) is 54.6 Å². The number of esters is 1. The third-order valence-electron chi connectivity index (χ3n) is 5.48. The lowest BCUT2D eigenvalue weighted by Crippen LogP contribution is -2.32. The largest absolute Gasteiger partial charge is 0.465 e. The number of methoxy groups -OCH3 is 1. The predicted molar refractivity (Wildman–Crippen MR) is 139 cm³/mol. The first-order valence-electron chi connectivity index (χ1n) is 10.8. The lowest BCUT2D eigenvalue weighted by atomic mass is 9.98. The van der Waals surface area contributed by atoms with Crippen LogP contribution in [0.1, 0.15) is 65.5 Å². The first kappa shape index (κ1) is 24.0. The smallest absolute Gasteiger partial charge is 0.341 e. The zero-order valence-corrected chi connectivity index (χ0v) is 20.8. The summed E-state index contributed by atoms with van der Waals surface area (Å²) in [5.74, 6) is 0.118. The Morgan fingerprint density at radius 3 is 2.25 bits per heavy atom. The third-order valence-corrected chi connectivity index (χ3v) is 6.72. The molecule has 0 bridgehead atoms. The van der Waals surface area contributed by atoms with Crippen LogP contribution in [-0.4, -0.2) is 18.2 Å². The van der Waals surface area contributed by atoms with Gasteiger partial charge in [-0.15, -0.1) is 11.3 Å². The quantitative estimate of drug-likeness (QED) is 0.288. The molecule has 1 atom stereocenters. The Labute approximate surface area is 200 Å². The fourth-order valence-electron chi connectivity index (χ4n) is 3.71. The standard InChI is InChI=1S/C26H30N2O2S2/c1-6-21(19-14-12-18(13-15-19)16(2)3)27-26(31)28-24-23(25(29)30-5)22(17(4)32-24)20-10-8-7-9-11-20/h7-16,21H,6H2,1-5H3,(H2,27,28,31). The lowest BCUT2D eigenvalue weighted by molar-refractivity contribution is 0.0603. The van der Waals surface area contributed by atoms with Gasteiger partial charge in [0.2, 0.25) is 0 Å². The van der Waals surface area contributed by atoms with E-state index in [4.69, 9.17) is 17.0 Å². The summed E-state index contributed by atoms with van der Waals surface area (Å²) in [4.78, 5) is 13.7. The number of benzene rings is 2. The van der Waals surface area contributed by atoms with E-state index in [-0.39, 0.29) is 12.0 Å². The maximum absolute atomic E-state index is 12.7. The van der Waals surface area contributed by atoms with Gasteiger partial charge < -0.3 is 15.4 Å². The fourth-order valence-corrected chi connectivity index (χ4v) is 5.09. The zero-order valence-electron chi connectivity index (χ0n) is 19.2. The summed E-state index contributed by atoms with van der Waals surface area (Å²) >= 11 is 7.13. The van der Waals surface area contributed by atoms with E-state index < -0.39 is 0 Å². The highest BCUT2D eigenvalue weighted by atomic mass is 32.1. The van der Waals surface area contributed by atoms with E-state index in [0.29, 0.717) is 21.6 Å². The third kappa shape index (κ3) is 5.37. The molecule has 0 amide bonds. The monoisotopic (exact) mass is 466 g/mol. The van der Waals surface area contributed by atoms with Crippen LogP contribution in [0.3, 0.4) is 0 Å². The summed E-state index contributed by atoms with van der Waals surface area (Å²) in [5.41, 5.74) is 4.87. The summed E-state index contributed by atoms with van der Waals surface area (Å²) in [7, 11) is 1.40. The first-order valence-corrected chi connectivity index (χ1v) is 12.0. The van der Waals surface area contributed by atoms with Crippen LogP contribution in [0.5, 0.6) is 0 Å². The SMILES string of the molecule is CCC(NC(=S)Nc1sc(C)c(-c2ccccc2)c1C(=O)OC)c1ccc(C(C)C)cc1. The highest BCUT2D eigenvalue weighted by molar-refractivity contribution is 7.80. The van der Waals surface area contributed by atoms with E-state index in [1.165, 1.54) is 29.6 Å². The van der Waals surface area contributed by atoms with Crippen LogP contribution < -0.4 is 10.6 Å². The van der Waals surface area contributed by atoms with Crippen LogP contribution in [-0.2, 0) is 4.74 Å². The van der Waals surface area contributed by atoms with Crippen LogP contribution in [0.2, 0.25) is 0 Å². The number of nitrogens with one attached hydrogen (secondary N) is 2. The van der Waals surface area contributed by atoms with Crippen molar-refractivity contribution in [3.63, 3.8) is 0 Å². The van der Waals surface area contributed by atoms with Gasteiger partial charge >= 0.3 is 5.97 Å². The van der Waals surface area contributed by atoms with Gasteiger partial charge in [0, 0.05) is 10.4 Å². The molecule has 0 saturated heterocycles. The van der Waals surface area contributed by atoms with E-state index in [2.05, 4.69) is 55.7 Å². The van der Waals surface area contributed by atoms with Gasteiger partial charge in [0.25, 0.3) is 0 Å². The molecule has 0 saturated carbocycles. The van der Waals surface area contributed by atoms with Crippen molar-refractivity contribution >= 4 is 39.6 Å². The van der Waals surface area contributed by atoms with Crippen molar-refractivity contribution in [1.29, 1.82) is 0 Å². The minimum atomic E-state index is -0.380. The second-order valence-electron chi connectivity index (χ2n) is 7.98. The van der Waals surface area contributed by atoms with Crippen LogP contribution in [0.25, 0.3) is 11.1 Å². The van der Waals surface area contributed by atoms with Crippen molar-refractivity contribution in [2.24, 2.45) is 0 Å². The molecule has 0 spiro atoms. The molecular formula is C26H30N2O2S2. The number of anilines is 1. The zero-order chi connectivity index (χ0) is 23.3. The van der Waals surface area contributed by atoms with E-state index in [1.54, 1.807) is 0 Å². The van der Waals surface area contributed by atoms with Crippen LogP contribution in [0, 0.1) is 6.92 Å². The Hall–Kier alpha value is -2.70. The minimum absolute atomic E-state index is 0.0763. The molecule has 168 valence electrons. The van der Waals surface area contributed by atoms with Gasteiger partial charge in [-0.05, 0) is 48.2 Å². The maximum atomic E-state index is 12.7. The maximum Gasteiger partial charge on any atom is 0.341 e. The molecule has 0 aliphatic carbocycles. The Kier molecular flexibility index (Phi) is 8.04. The molecule has 1 heterocycles. The van der Waals surface area contributed by atoms with Gasteiger partial charge in [0.05, 0.1) is 13.2 Å². The summed E-state index contributed by atoms with van der Waals surface area (Å²) in [5, 5.41) is 7.84. The number of carbonyl (C=O) groups is 1. The van der Waals surface area contributed by atoms with Crippen molar-refractivity contribution in [2.75, 3.05) is 12.4 Å².